The second kappa shape index (κ2) is 4.52. The molecule has 1 aromatic rings. The van der Waals surface area contributed by atoms with Crippen LogP contribution in [0.2, 0.25) is 0 Å². The van der Waals surface area contributed by atoms with E-state index in [9.17, 15) is 8.78 Å². The van der Waals surface area contributed by atoms with Crippen molar-refractivity contribution in [3.8, 4) is 0 Å². The third-order valence-electron chi connectivity index (χ3n) is 1.86. The minimum absolute atomic E-state index is 0.0208. The second-order valence-electron chi connectivity index (χ2n) is 2.65. The number of aliphatic hydroxyl groups excluding tert-OH is 1. The highest BCUT2D eigenvalue weighted by Crippen LogP contribution is 2.30. The molecule has 0 saturated heterocycles. The number of aromatic nitrogens is 1. The molecule has 0 atom stereocenters. The molecule has 0 saturated carbocycles. The van der Waals surface area contributed by atoms with E-state index in [1.165, 1.54) is 0 Å². The highest BCUT2D eigenvalue weighted by Gasteiger charge is 2.19. The largest absolute Gasteiger partial charge is 0.392 e. The number of nitrogens with zero attached hydrogens (tertiary/aromatic N) is 1. The quantitative estimate of drug-likeness (QED) is 0.768. The maximum absolute atomic E-state index is 12.6. The average Bonchev–Trinajstić information content (AvgIpc) is 2.17. The van der Waals surface area contributed by atoms with Crippen LogP contribution in [0.15, 0.2) is 6.20 Å². The van der Waals surface area contributed by atoms with Gasteiger partial charge in [-0.25, -0.2) is 13.8 Å². The van der Waals surface area contributed by atoms with E-state index < -0.39 is 13.0 Å². The third-order valence-corrected chi connectivity index (χ3v) is 2.13. The minimum atomic E-state index is -2.71. The Kier molecular flexibility index (Phi) is 3.60. The maximum Gasteiger partial charge on any atom is 0.264 e. The minimum Gasteiger partial charge on any atom is -0.392 e. The summed E-state index contributed by atoms with van der Waals surface area (Å²) in [6, 6.07) is 0. The molecule has 0 spiro atoms. The topological polar surface area (TPSA) is 59.1 Å². The first-order valence-electron chi connectivity index (χ1n) is 3.82. The van der Waals surface area contributed by atoms with E-state index in [1.54, 1.807) is 0 Å². The highest BCUT2D eigenvalue weighted by molar-refractivity contribution is 6.17. The Balaban J connectivity index is 3.36. The first-order valence-corrected chi connectivity index (χ1v) is 4.36. The number of nitrogen functional groups attached to an aromatic ring is 1. The molecule has 0 fully saturated rings. The molecule has 6 heteroatoms. The highest BCUT2D eigenvalue weighted by atomic mass is 35.5. The second-order valence-corrected chi connectivity index (χ2v) is 2.92. The predicted molar refractivity (Wildman–Crippen MR) is 49.1 cm³/mol. The van der Waals surface area contributed by atoms with E-state index in [2.05, 4.69) is 4.98 Å². The Hall–Kier alpha value is -0.940. The van der Waals surface area contributed by atoms with E-state index in [4.69, 9.17) is 22.4 Å². The monoisotopic (exact) mass is 222 g/mol. The molecular weight excluding hydrogens is 214 g/mol. The normalized spacial score (nSPS) is 10.9. The van der Waals surface area contributed by atoms with Crippen LogP contribution in [0.5, 0.6) is 0 Å². The van der Waals surface area contributed by atoms with Gasteiger partial charge < -0.3 is 10.8 Å². The van der Waals surface area contributed by atoms with Crippen LogP contribution < -0.4 is 5.73 Å². The molecule has 0 bridgehead atoms. The fourth-order valence-electron chi connectivity index (χ4n) is 1.16. The zero-order valence-electron chi connectivity index (χ0n) is 7.17. The molecule has 1 heterocycles. The number of hydrogen-bond acceptors (Lipinski definition) is 3. The lowest BCUT2D eigenvalue weighted by atomic mass is 10.1. The molecule has 1 rings (SSSR count). The first-order chi connectivity index (χ1) is 6.61. The number of rotatable bonds is 3. The number of halogens is 3. The molecule has 0 amide bonds. The molecule has 0 aliphatic rings. The van der Waals surface area contributed by atoms with Crippen LogP contribution in [-0.4, -0.2) is 10.1 Å². The Morgan fingerprint density at radius 2 is 2.21 bits per heavy atom. The van der Waals surface area contributed by atoms with Crippen molar-refractivity contribution < 1.29 is 13.9 Å². The Morgan fingerprint density at radius 1 is 1.57 bits per heavy atom. The summed E-state index contributed by atoms with van der Waals surface area (Å²) in [5.41, 5.74) is 5.22. The van der Waals surface area contributed by atoms with Gasteiger partial charge in [-0.15, -0.1) is 11.6 Å². The maximum atomic E-state index is 12.6. The van der Waals surface area contributed by atoms with Gasteiger partial charge in [0, 0.05) is 22.9 Å². The van der Waals surface area contributed by atoms with Crippen molar-refractivity contribution in [2.45, 2.75) is 18.9 Å². The number of pyridine rings is 1. The predicted octanol–water partition coefficient (Wildman–Crippen LogP) is 1.83. The van der Waals surface area contributed by atoms with Crippen LogP contribution >= 0.6 is 11.6 Å². The summed E-state index contributed by atoms with van der Waals surface area (Å²) in [6.45, 7) is -0.503. The van der Waals surface area contributed by atoms with Gasteiger partial charge in [0.15, 0.2) is 0 Å². The SMILES string of the molecule is Nc1ncc(CO)c(C(F)F)c1CCl. The summed E-state index contributed by atoms with van der Waals surface area (Å²) in [5.74, 6) is -0.167. The number of hydrogen-bond donors (Lipinski definition) is 2. The number of nitrogens with two attached hydrogens (primary N) is 1. The van der Waals surface area contributed by atoms with Crippen LogP contribution in [0.3, 0.4) is 0 Å². The summed E-state index contributed by atoms with van der Waals surface area (Å²) in [5, 5.41) is 8.82. The van der Waals surface area contributed by atoms with Gasteiger partial charge in [-0.05, 0) is 0 Å². The molecule has 0 aromatic carbocycles. The molecule has 0 radical (unpaired) electrons. The van der Waals surface area contributed by atoms with Gasteiger partial charge in [0.05, 0.1) is 12.5 Å². The van der Waals surface area contributed by atoms with Crippen LogP contribution in [-0.2, 0) is 12.5 Å². The standard InChI is InChI=1S/C8H9ClF2N2O/c9-1-5-6(7(10)11)4(3-14)2-13-8(5)12/h2,7,14H,1,3H2,(H2,12,13). The van der Waals surface area contributed by atoms with Crippen molar-refractivity contribution in [1.29, 1.82) is 0 Å². The summed E-state index contributed by atoms with van der Waals surface area (Å²) in [4.78, 5) is 3.66. The van der Waals surface area contributed by atoms with Gasteiger partial charge in [-0.2, -0.15) is 0 Å². The lowest BCUT2D eigenvalue weighted by molar-refractivity contribution is 0.146. The number of alkyl halides is 3. The zero-order chi connectivity index (χ0) is 10.7. The van der Waals surface area contributed by atoms with Crippen molar-refractivity contribution in [2.24, 2.45) is 0 Å². The zero-order valence-corrected chi connectivity index (χ0v) is 7.93. The van der Waals surface area contributed by atoms with Gasteiger partial charge in [0.1, 0.15) is 5.82 Å². The van der Waals surface area contributed by atoms with Gasteiger partial charge in [-0.1, -0.05) is 0 Å². The smallest absolute Gasteiger partial charge is 0.264 e. The Morgan fingerprint density at radius 3 is 2.64 bits per heavy atom. The van der Waals surface area contributed by atoms with Gasteiger partial charge >= 0.3 is 0 Å². The van der Waals surface area contributed by atoms with Crippen molar-refractivity contribution in [3.05, 3.63) is 22.9 Å². The summed E-state index contributed by atoms with van der Waals surface area (Å²) in [7, 11) is 0. The Labute approximate surface area is 84.5 Å². The molecule has 78 valence electrons. The van der Waals surface area contributed by atoms with Crippen molar-refractivity contribution in [2.75, 3.05) is 5.73 Å². The van der Waals surface area contributed by atoms with Gasteiger partial charge in [0.2, 0.25) is 0 Å². The fraction of sp³-hybridized carbons (Fsp3) is 0.375. The Bertz CT molecular complexity index is 333. The third kappa shape index (κ3) is 1.93. The van der Waals surface area contributed by atoms with E-state index in [-0.39, 0.29) is 28.4 Å². The van der Waals surface area contributed by atoms with Crippen LogP contribution in [0.25, 0.3) is 0 Å². The molecule has 0 aliphatic heterocycles. The lowest BCUT2D eigenvalue weighted by Gasteiger charge is -2.12. The first kappa shape index (κ1) is 11.1. The average molecular weight is 223 g/mol. The number of aliphatic hydroxyl groups is 1. The van der Waals surface area contributed by atoms with Crippen molar-refractivity contribution in [1.82, 2.24) is 4.98 Å². The molecule has 0 unspecified atom stereocenters. The summed E-state index contributed by atoms with van der Waals surface area (Å²) < 4.78 is 25.2. The summed E-state index contributed by atoms with van der Waals surface area (Å²) in [6.07, 6.45) is -1.58. The molecule has 0 aliphatic carbocycles. The van der Waals surface area contributed by atoms with E-state index in [1.807, 2.05) is 0 Å². The fourth-order valence-corrected chi connectivity index (χ4v) is 1.45. The van der Waals surface area contributed by atoms with Crippen molar-refractivity contribution >= 4 is 17.4 Å². The van der Waals surface area contributed by atoms with E-state index >= 15 is 0 Å². The molecule has 3 N–H and O–H groups in total. The van der Waals surface area contributed by atoms with Crippen LogP contribution in [0.1, 0.15) is 23.1 Å². The van der Waals surface area contributed by atoms with Crippen LogP contribution in [0, 0.1) is 0 Å². The van der Waals surface area contributed by atoms with Crippen molar-refractivity contribution in [3.63, 3.8) is 0 Å². The van der Waals surface area contributed by atoms with Gasteiger partial charge in [-0.3, -0.25) is 0 Å². The molecule has 1 aromatic heterocycles. The molecule has 3 nitrogen and oxygen atoms in total. The molecular formula is C8H9ClF2N2O. The van der Waals surface area contributed by atoms with E-state index in [0.29, 0.717) is 0 Å². The van der Waals surface area contributed by atoms with Crippen LogP contribution in [0.4, 0.5) is 14.6 Å². The van der Waals surface area contributed by atoms with Gasteiger partial charge in [0.25, 0.3) is 6.43 Å². The number of anilines is 1. The lowest BCUT2D eigenvalue weighted by Crippen LogP contribution is -2.06. The van der Waals surface area contributed by atoms with E-state index in [0.717, 1.165) is 6.20 Å². The summed E-state index contributed by atoms with van der Waals surface area (Å²) >= 11 is 5.48. The molecule has 14 heavy (non-hydrogen) atoms.